The van der Waals surface area contributed by atoms with Crippen molar-refractivity contribution >= 4 is 32.8 Å². The Hall–Kier alpha value is -3.47. The molecule has 0 spiro atoms. The first-order valence-corrected chi connectivity index (χ1v) is 7.88. The van der Waals surface area contributed by atoms with Crippen LogP contribution in [-0.2, 0) is 0 Å². The van der Waals surface area contributed by atoms with Gasteiger partial charge in [-0.3, -0.25) is 4.98 Å². The monoisotopic (exact) mass is 328 g/mol. The van der Waals surface area contributed by atoms with Gasteiger partial charge in [-0.25, -0.2) is 4.79 Å². The number of hydrogen-bond acceptors (Lipinski definition) is 5. The average Bonchev–Trinajstić information content (AvgIpc) is 2.97. The normalized spacial score (nSPS) is 11.6. The van der Waals surface area contributed by atoms with Gasteiger partial charge in [0.2, 0.25) is 0 Å². The maximum atomic E-state index is 11.4. The molecule has 5 rings (SSSR count). The lowest BCUT2D eigenvalue weighted by Crippen LogP contribution is -1.92. The van der Waals surface area contributed by atoms with Crippen molar-refractivity contribution in [2.24, 2.45) is 0 Å². The van der Waals surface area contributed by atoms with E-state index in [1.807, 2.05) is 55.5 Å². The van der Waals surface area contributed by atoms with Gasteiger partial charge in [-0.05, 0) is 54.8 Å². The highest BCUT2D eigenvalue weighted by Crippen LogP contribution is 2.33. The van der Waals surface area contributed by atoms with Gasteiger partial charge in [-0.1, -0.05) is 6.07 Å². The van der Waals surface area contributed by atoms with Crippen molar-refractivity contribution in [2.45, 2.75) is 6.92 Å². The van der Waals surface area contributed by atoms with Crippen LogP contribution in [0.1, 0.15) is 5.76 Å². The molecule has 25 heavy (non-hydrogen) atoms. The molecule has 0 bridgehead atoms. The molecule has 5 heteroatoms. The molecule has 0 amide bonds. The van der Waals surface area contributed by atoms with E-state index in [4.69, 9.17) is 8.83 Å². The number of pyridine rings is 1. The van der Waals surface area contributed by atoms with Crippen LogP contribution in [0.5, 0.6) is 0 Å². The highest BCUT2D eigenvalue weighted by molar-refractivity contribution is 6.01. The fraction of sp³-hybridized carbons (Fsp3) is 0.0500. The second-order valence-corrected chi connectivity index (χ2v) is 5.98. The predicted molar refractivity (Wildman–Crippen MR) is 95.5 cm³/mol. The summed E-state index contributed by atoms with van der Waals surface area (Å²) in [4.78, 5) is 19.7. The fourth-order valence-corrected chi connectivity index (χ4v) is 3.18. The van der Waals surface area contributed by atoms with E-state index in [1.165, 1.54) is 0 Å². The Morgan fingerprint density at radius 2 is 1.84 bits per heavy atom. The van der Waals surface area contributed by atoms with E-state index < -0.39 is 5.76 Å². The molecule has 5 nitrogen and oxygen atoms in total. The zero-order chi connectivity index (χ0) is 17.0. The van der Waals surface area contributed by atoms with Crippen LogP contribution in [0.3, 0.4) is 0 Å². The van der Waals surface area contributed by atoms with Crippen molar-refractivity contribution in [3.8, 4) is 11.3 Å². The molecule has 120 valence electrons. The maximum Gasteiger partial charge on any atom is 0.439 e. The van der Waals surface area contributed by atoms with Gasteiger partial charge >= 0.3 is 5.76 Å². The number of fused-ring (bicyclic) bond motifs is 3. The standard InChI is InChI=1S/C20H12N2O3/c1-11-7-14-9-17-18(25-20(23)22-17)10-15(14)19(24-11)13-4-5-16-12(8-13)3-2-6-21-16/h2-10H,1H3. The van der Waals surface area contributed by atoms with Crippen LogP contribution < -0.4 is 5.76 Å². The molecule has 0 aliphatic heterocycles. The zero-order valence-electron chi connectivity index (χ0n) is 13.3. The van der Waals surface area contributed by atoms with Gasteiger partial charge in [-0.2, -0.15) is 4.98 Å². The molecular formula is C20H12N2O3. The zero-order valence-corrected chi connectivity index (χ0v) is 13.3. The van der Waals surface area contributed by atoms with Gasteiger partial charge in [0, 0.05) is 22.5 Å². The van der Waals surface area contributed by atoms with E-state index in [2.05, 4.69) is 9.97 Å². The van der Waals surface area contributed by atoms with Gasteiger partial charge < -0.3 is 8.83 Å². The topological polar surface area (TPSA) is 69.1 Å². The van der Waals surface area contributed by atoms with Crippen molar-refractivity contribution in [2.75, 3.05) is 0 Å². The van der Waals surface area contributed by atoms with E-state index in [9.17, 15) is 4.79 Å². The predicted octanol–water partition coefficient (Wildman–Crippen LogP) is 4.46. The number of rotatable bonds is 1. The Labute approximate surface area is 141 Å². The maximum absolute atomic E-state index is 11.4. The minimum absolute atomic E-state index is 0.459. The van der Waals surface area contributed by atoms with E-state index in [0.717, 1.165) is 38.8 Å². The molecule has 3 heterocycles. The van der Waals surface area contributed by atoms with Crippen LogP contribution in [-0.4, -0.2) is 9.97 Å². The summed E-state index contributed by atoms with van der Waals surface area (Å²) in [5, 5.41) is 2.86. The molecule has 0 saturated heterocycles. The van der Waals surface area contributed by atoms with Gasteiger partial charge in [0.15, 0.2) is 5.58 Å². The van der Waals surface area contributed by atoms with Crippen LogP contribution in [0.15, 0.2) is 68.4 Å². The lowest BCUT2D eigenvalue weighted by Gasteiger charge is -2.09. The number of oxazole rings is 1. The smallest absolute Gasteiger partial charge is 0.439 e. The lowest BCUT2D eigenvalue weighted by atomic mass is 10.0. The summed E-state index contributed by atoms with van der Waals surface area (Å²) >= 11 is 0. The fourth-order valence-electron chi connectivity index (χ4n) is 3.18. The Balaban J connectivity index is 1.86. The molecule has 3 aromatic heterocycles. The molecule has 5 aromatic rings. The van der Waals surface area contributed by atoms with Crippen molar-refractivity contribution in [1.82, 2.24) is 9.97 Å². The quantitative estimate of drug-likeness (QED) is 0.454. The highest BCUT2D eigenvalue weighted by atomic mass is 16.4. The number of aryl methyl sites for hydroxylation is 1. The van der Waals surface area contributed by atoms with Crippen LogP contribution in [0.4, 0.5) is 0 Å². The molecule has 0 fully saturated rings. The number of hydrogen-bond donors (Lipinski definition) is 0. The van der Waals surface area contributed by atoms with Gasteiger partial charge in [0.1, 0.15) is 17.0 Å². The van der Waals surface area contributed by atoms with Gasteiger partial charge in [-0.15, -0.1) is 0 Å². The van der Waals surface area contributed by atoms with Crippen molar-refractivity contribution in [1.29, 1.82) is 0 Å². The summed E-state index contributed by atoms with van der Waals surface area (Å²) in [6.45, 7) is 1.90. The number of aromatic nitrogens is 2. The van der Waals surface area contributed by atoms with Crippen molar-refractivity contribution < 1.29 is 8.83 Å². The summed E-state index contributed by atoms with van der Waals surface area (Å²) in [5.41, 5.74) is 2.88. The van der Waals surface area contributed by atoms with E-state index in [1.54, 1.807) is 6.20 Å². The molecule has 0 atom stereocenters. The molecule has 0 aliphatic rings. The first kappa shape index (κ1) is 13.9. The van der Waals surface area contributed by atoms with Crippen LogP contribution in [0.2, 0.25) is 0 Å². The Kier molecular flexibility index (Phi) is 2.79. The van der Waals surface area contributed by atoms with Crippen molar-refractivity contribution in [3.05, 3.63) is 71.0 Å². The van der Waals surface area contributed by atoms with Crippen LogP contribution in [0.25, 0.3) is 44.1 Å². The first-order chi connectivity index (χ1) is 12.2. The number of nitrogens with zero attached hydrogens (tertiary/aromatic N) is 2. The van der Waals surface area contributed by atoms with Gasteiger partial charge in [0.05, 0.1) is 5.52 Å². The van der Waals surface area contributed by atoms with Gasteiger partial charge in [0.25, 0.3) is 0 Å². The highest BCUT2D eigenvalue weighted by Gasteiger charge is 2.13. The average molecular weight is 328 g/mol. The largest absolute Gasteiger partial charge is 0.461 e. The minimum atomic E-state index is -0.586. The summed E-state index contributed by atoms with van der Waals surface area (Å²) in [7, 11) is 0. The van der Waals surface area contributed by atoms with E-state index >= 15 is 0 Å². The summed E-state index contributed by atoms with van der Waals surface area (Å²) in [6.07, 6.45) is 1.77. The summed E-state index contributed by atoms with van der Waals surface area (Å²) < 4.78 is 11.2. The third-order valence-corrected chi connectivity index (χ3v) is 4.27. The molecular weight excluding hydrogens is 316 g/mol. The third kappa shape index (κ3) is 2.21. The molecule has 0 N–H and O–H groups in total. The van der Waals surface area contributed by atoms with Crippen LogP contribution in [0, 0.1) is 6.92 Å². The second-order valence-electron chi connectivity index (χ2n) is 5.98. The third-order valence-electron chi connectivity index (χ3n) is 4.27. The van der Waals surface area contributed by atoms with Crippen LogP contribution >= 0.6 is 0 Å². The molecule has 0 unspecified atom stereocenters. The second kappa shape index (κ2) is 5.01. The Morgan fingerprint density at radius 1 is 0.920 bits per heavy atom. The lowest BCUT2D eigenvalue weighted by molar-refractivity contribution is 0.537. The Bertz CT molecular complexity index is 1330. The molecule has 2 aromatic carbocycles. The SMILES string of the molecule is Cc1cc2cc3nc(=O)oc3cc2c(-c2ccc3ncccc3c2)o1. The van der Waals surface area contributed by atoms with Crippen molar-refractivity contribution in [3.63, 3.8) is 0 Å². The Morgan fingerprint density at radius 3 is 2.76 bits per heavy atom. The van der Waals surface area contributed by atoms with E-state index in [0.29, 0.717) is 11.1 Å². The molecule has 0 aliphatic carbocycles. The number of benzene rings is 2. The molecule has 0 radical (unpaired) electrons. The summed E-state index contributed by atoms with van der Waals surface area (Å²) in [5.74, 6) is 0.919. The minimum Gasteiger partial charge on any atom is -0.461 e. The molecule has 0 saturated carbocycles. The first-order valence-electron chi connectivity index (χ1n) is 7.88. The summed E-state index contributed by atoms with van der Waals surface area (Å²) in [6, 6.07) is 15.5. The van der Waals surface area contributed by atoms with E-state index in [-0.39, 0.29) is 0 Å².